The molecule has 1 aromatic heterocycles. The van der Waals surface area contributed by atoms with Gasteiger partial charge in [0.15, 0.2) is 5.82 Å². The van der Waals surface area contributed by atoms with E-state index in [2.05, 4.69) is 34.4 Å². The van der Waals surface area contributed by atoms with E-state index >= 15 is 0 Å². The standard InChI is InChI=1S/C14H26N4O2/c1-5-19-10-14-17-12(15-4)8-13(18-14)16-6-7-20-9-11(2)3/h8,11H,5-7,9-10H2,1-4H3,(H2,15,16,17,18). The molecule has 0 bridgehead atoms. The molecule has 0 aliphatic carbocycles. The largest absolute Gasteiger partial charge is 0.379 e. The minimum atomic E-state index is 0.421. The Labute approximate surface area is 121 Å². The first-order valence-electron chi connectivity index (χ1n) is 7.10. The number of aromatic nitrogens is 2. The van der Waals surface area contributed by atoms with Crippen molar-refractivity contribution in [1.29, 1.82) is 0 Å². The predicted octanol–water partition coefficient (Wildman–Crippen LogP) is 2.14. The second-order valence-corrected chi connectivity index (χ2v) is 4.84. The van der Waals surface area contributed by atoms with Crippen molar-refractivity contribution in [3.8, 4) is 0 Å². The highest BCUT2D eigenvalue weighted by Gasteiger charge is 2.04. The van der Waals surface area contributed by atoms with Gasteiger partial charge in [-0.2, -0.15) is 0 Å². The maximum Gasteiger partial charge on any atom is 0.158 e. The number of ether oxygens (including phenoxy) is 2. The topological polar surface area (TPSA) is 68.3 Å². The number of nitrogens with one attached hydrogen (secondary N) is 2. The van der Waals surface area contributed by atoms with E-state index in [1.54, 1.807) is 0 Å². The van der Waals surface area contributed by atoms with Crippen LogP contribution in [0.25, 0.3) is 0 Å². The van der Waals surface area contributed by atoms with E-state index < -0.39 is 0 Å². The minimum Gasteiger partial charge on any atom is -0.379 e. The number of anilines is 2. The summed E-state index contributed by atoms with van der Waals surface area (Å²) in [7, 11) is 1.84. The van der Waals surface area contributed by atoms with E-state index in [1.807, 2.05) is 20.0 Å². The summed E-state index contributed by atoms with van der Waals surface area (Å²) in [5, 5.41) is 6.26. The zero-order valence-corrected chi connectivity index (χ0v) is 12.9. The lowest BCUT2D eigenvalue weighted by Crippen LogP contribution is -2.14. The van der Waals surface area contributed by atoms with Crippen LogP contribution in [0.4, 0.5) is 11.6 Å². The lowest BCUT2D eigenvalue weighted by molar-refractivity contribution is 0.118. The van der Waals surface area contributed by atoms with Crippen molar-refractivity contribution in [2.75, 3.05) is 44.0 Å². The van der Waals surface area contributed by atoms with Crippen molar-refractivity contribution in [2.45, 2.75) is 27.4 Å². The van der Waals surface area contributed by atoms with Crippen LogP contribution in [0.15, 0.2) is 6.07 Å². The molecule has 1 rings (SSSR count). The van der Waals surface area contributed by atoms with Gasteiger partial charge >= 0.3 is 0 Å². The van der Waals surface area contributed by atoms with Gasteiger partial charge in [-0.3, -0.25) is 0 Å². The minimum absolute atomic E-state index is 0.421. The number of nitrogens with zero attached hydrogens (tertiary/aromatic N) is 2. The summed E-state index contributed by atoms with van der Waals surface area (Å²) < 4.78 is 10.9. The van der Waals surface area contributed by atoms with Crippen molar-refractivity contribution in [3.63, 3.8) is 0 Å². The van der Waals surface area contributed by atoms with Crippen molar-refractivity contribution in [3.05, 3.63) is 11.9 Å². The first-order chi connectivity index (χ1) is 9.65. The highest BCUT2D eigenvalue weighted by atomic mass is 16.5. The van der Waals surface area contributed by atoms with Crippen LogP contribution in [0.1, 0.15) is 26.6 Å². The first kappa shape index (κ1) is 16.7. The summed E-state index contributed by atoms with van der Waals surface area (Å²) in [6.45, 7) is 9.46. The zero-order valence-electron chi connectivity index (χ0n) is 12.9. The number of hydrogen-bond donors (Lipinski definition) is 2. The third-order valence-corrected chi connectivity index (χ3v) is 2.47. The van der Waals surface area contributed by atoms with E-state index in [1.165, 1.54) is 0 Å². The van der Waals surface area contributed by atoms with Gasteiger partial charge in [-0.25, -0.2) is 9.97 Å². The Kier molecular flexibility index (Phi) is 7.91. The summed E-state index contributed by atoms with van der Waals surface area (Å²) in [6.07, 6.45) is 0. The van der Waals surface area contributed by atoms with Gasteiger partial charge in [-0.15, -0.1) is 0 Å². The Morgan fingerprint density at radius 3 is 2.60 bits per heavy atom. The van der Waals surface area contributed by atoms with Gasteiger partial charge in [-0.1, -0.05) is 13.8 Å². The van der Waals surface area contributed by atoms with E-state index in [0.717, 1.165) is 24.8 Å². The van der Waals surface area contributed by atoms with Gasteiger partial charge in [0.1, 0.15) is 18.2 Å². The van der Waals surface area contributed by atoms with Crippen LogP contribution < -0.4 is 10.6 Å². The Bertz CT molecular complexity index is 385. The summed E-state index contributed by atoms with van der Waals surface area (Å²) in [6, 6.07) is 1.87. The Hall–Kier alpha value is -1.40. The molecule has 6 nitrogen and oxygen atoms in total. The van der Waals surface area contributed by atoms with Gasteiger partial charge in [0.25, 0.3) is 0 Å². The van der Waals surface area contributed by atoms with E-state index in [4.69, 9.17) is 9.47 Å². The lowest BCUT2D eigenvalue weighted by Gasteiger charge is -2.11. The van der Waals surface area contributed by atoms with Gasteiger partial charge in [0.05, 0.1) is 6.61 Å². The Morgan fingerprint density at radius 1 is 1.20 bits per heavy atom. The molecule has 114 valence electrons. The second kappa shape index (κ2) is 9.50. The van der Waals surface area contributed by atoms with Crippen molar-refractivity contribution in [2.24, 2.45) is 5.92 Å². The first-order valence-corrected chi connectivity index (χ1v) is 7.10. The van der Waals surface area contributed by atoms with Gasteiger partial charge in [0, 0.05) is 32.9 Å². The van der Waals surface area contributed by atoms with Crippen LogP contribution in [0.2, 0.25) is 0 Å². The highest BCUT2D eigenvalue weighted by molar-refractivity contribution is 5.47. The van der Waals surface area contributed by atoms with Crippen molar-refractivity contribution in [1.82, 2.24) is 9.97 Å². The molecule has 0 saturated heterocycles. The van der Waals surface area contributed by atoms with Crippen molar-refractivity contribution < 1.29 is 9.47 Å². The molecule has 0 saturated carbocycles. The summed E-state index contributed by atoms with van der Waals surface area (Å²) >= 11 is 0. The lowest BCUT2D eigenvalue weighted by atomic mass is 10.2. The average molecular weight is 282 g/mol. The molecule has 0 fully saturated rings. The molecule has 0 amide bonds. The molecule has 0 atom stereocenters. The van der Waals surface area contributed by atoms with Crippen LogP contribution in [0.5, 0.6) is 0 Å². The van der Waals surface area contributed by atoms with E-state index in [-0.39, 0.29) is 0 Å². The normalized spacial score (nSPS) is 10.8. The molecule has 0 spiro atoms. The van der Waals surface area contributed by atoms with Crippen LogP contribution in [-0.4, -0.2) is 43.4 Å². The van der Waals surface area contributed by atoms with E-state index in [9.17, 15) is 0 Å². The average Bonchev–Trinajstić information content (AvgIpc) is 2.44. The van der Waals surface area contributed by atoms with Crippen LogP contribution in [-0.2, 0) is 16.1 Å². The van der Waals surface area contributed by atoms with Crippen LogP contribution in [0, 0.1) is 5.92 Å². The quantitative estimate of drug-likeness (QED) is 0.641. The predicted molar refractivity (Wildman–Crippen MR) is 81.1 cm³/mol. The highest BCUT2D eigenvalue weighted by Crippen LogP contribution is 2.11. The summed E-state index contributed by atoms with van der Waals surface area (Å²) in [5.41, 5.74) is 0. The molecule has 0 radical (unpaired) electrons. The fraction of sp³-hybridized carbons (Fsp3) is 0.714. The maximum absolute atomic E-state index is 5.52. The number of hydrogen-bond acceptors (Lipinski definition) is 6. The molecule has 0 aliphatic rings. The summed E-state index contributed by atoms with van der Waals surface area (Å²) in [5.74, 6) is 2.79. The molecular formula is C14H26N4O2. The summed E-state index contributed by atoms with van der Waals surface area (Å²) in [4.78, 5) is 8.75. The van der Waals surface area contributed by atoms with Crippen LogP contribution >= 0.6 is 0 Å². The zero-order chi connectivity index (χ0) is 14.8. The SMILES string of the molecule is CCOCc1nc(NC)cc(NCCOCC(C)C)n1. The Morgan fingerprint density at radius 2 is 1.95 bits per heavy atom. The molecule has 20 heavy (non-hydrogen) atoms. The van der Waals surface area contributed by atoms with Crippen molar-refractivity contribution >= 4 is 11.6 Å². The molecule has 0 unspecified atom stereocenters. The van der Waals surface area contributed by atoms with Gasteiger partial charge < -0.3 is 20.1 Å². The Balaban J connectivity index is 2.46. The third-order valence-electron chi connectivity index (χ3n) is 2.47. The second-order valence-electron chi connectivity index (χ2n) is 4.84. The van der Waals surface area contributed by atoms with E-state index in [0.29, 0.717) is 31.6 Å². The van der Waals surface area contributed by atoms with Gasteiger partial charge in [0.2, 0.25) is 0 Å². The van der Waals surface area contributed by atoms with Gasteiger partial charge in [-0.05, 0) is 12.8 Å². The third kappa shape index (κ3) is 6.68. The fourth-order valence-corrected chi connectivity index (χ4v) is 1.54. The smallest absolute Gasteiger partial charge is 0.158 e. The maximum atomic E-state index is 5.52. The molecule has 6 heteroatoms. The molecule has 0 aliphatic heterocycles. The molecular weight excluding hydrogens is 256 g/mol. The monoisotopic (exact) mass is 282 g/mol. The number of rotatable bonds is 10. The molecule has 1 heterocycles. The molecule has 2 N–H and O–H groups in total. The molecule has 1 aromatic rings. The molecule has 0 aromatic carbocycles. The van der Waals surface area contributed by atoms with Crippen LogP contribution in [0.3, 0.4) is 0 Å². The fourth-order valence-electron chi connectivity index (χ4n) is 1.54.